The molecule has 4 heteroatoms. The van der Waals surface area contributed by atoms with Gasteiger partial charge in [-0.3, -0.25) is 0 Å². The van der Waals surface area contributed by atoms with E-state index in [-0.39, 0.29) is 0 Å². The van der Waals surface area contributed by atoms with E-state index in [1.165, 1.54) is 19.3 Å². The van der Waals surface area contributed by atoms with Gasteiger partial charge in [-0.05, 0) is 44.2 Å². The highest BCUT2D eigenvalue weighted by Gasteiger charge is 2.12. The van der Waals surface area contributed by atoms with Crippen molar-refractivity contribution in [1.29, 1.82) is 5.26 Å². The highest BCUT2D eigenvalue weighted by molar-refractivity contribution is 5.38. The Bertz CT molecular complexity index is 408. The molecule has 0 bridgehead atoms. The molecule has 0 spiro atoms. The van der Waals surface area contributed by atoms with Gasteiger partial charge in [0.2, 0.25) is 0 Å². The van der Waals surface area contributed by atoms with Crippen molar-refractivity contribution in [2.45, 2.75) is 38.2 Å². The molecule has 1 atom stereocenters. The molecule has 1 N–H and O–H groups in total. The third-order valence-electron chi connectivity index (χ3n) is 3.15. The number of anilines is 1. The van der Waals surface area contributed by atoms with E-state index in [1.807, 2.05) is 18.2 Å². The summed E-state index contributed by atoms with van der Waals surface area (Å²) in [6.07, 6.45) is 6.32. The highest BCUT2D eigenvalue weighted by Crippen LogP contribution is 2.16. The molecule has 0 aromatic carbocycles. The molecule has 18 heavy (non-hydrogen) atoms. The van der Waals surface area contributed by atoms with Crippen LogP contribution in [-0.2, 0) is 4.74 Å². The van der Waals surface area contributed by atoms with Gasteiger partial charge in [0.15, 0.2) is 0 Å². The van der Waals surface area contributed by atoms with E-state index >= 15 is 0 Å². The summed E-state index contributed by atoms with van der Waals surface area (Å²) in [4.78, 5) is 4.17. The predicted octanol–water partition coefficient (Wildman–Crippen LogP) is 2.71. The first-order valence-electron chi connectivity index (χ1n) is 6.61. The molecule has 2 heterocycles. The van der Waals surface area contributed by atoms with Crippen LogP contribution >= 0.6 is 0 Å². The minimum Gasteiger partial charge on any atom is -0.378 e. The molecule has 0 radical (unpaired) electrons. The lowest BCUT2D eigenvalue weighted by Gasteiger charge is -2.22. The van der Waals surface area contributed by atoms with E-state index in [0.29, 0.717) is 11.8 Å². The van der Waals surface area contributed by atoms with Crippen molar-refractivity contribution in [1.82, 2.24) is 4.98 Å². The predicted molar refractivity (Wildman–Crippen MR) is 70.3 cm³/mol. The van der Waals surface area contributed by atoms with Gasteiger partial charge in [-0.15, -0.1) is 0 Å². The molecular formula is C14H19N3O. The Morgan fingerprint density at radius 1 is 1.44 bits per heavy atom. The fourth-order valence-electron chi connectivity index (χ4n) is 2.18. The molecule has 0 aliphatic carbocycles. The molecule has 2 rings (SSSR count). The molecule has 1 saturated heterocycles. The van der Waals surface area contributed by atoms with Gasteiger partial charge in [0.25, 0.3) is 0 Å². The molecular weight excluding hydrogens is 226 g/mol. The normalized spacial score (nSPS) is 19.2. The van der Waals surface area contributed by atoms with Crippen LogP contribution in [0.15, 0.2) is 18.2 Å². The maximum absolute atomic E-state index is 8.75. The lowest BCUT2D eigenvalue weighted by Crippen LogP contribution is -2.19. The molecule has 1 unspecified atom stereocenters. The van der Waals surface area contributed by atoms with Crippen molar-refractivity contribution in [2.75, 3.05) is 18.5 Å². The number of nitrogens with one attached hydrogen (secondary N) is 1. The molecule has 0 saturated carbocycles. The first-order chi connectivity index (χ1) is 8.88. The minimum absolute atomic E-state index is 0.443. The molecule has 4 nitrogen and oxygen atoms in total. The number of aromatic nitrogens is 1. The standard InChI is InChI=1S/C14H19N3O/c15-11-12-5-3-8-14(17-12)16-9-4-7-13-6-1-2-10-18-13/h3,5,8,13H,1-2,4,6-7,9-10H2,(H,16,17). The summed E-state index contributed by atoms with van der Waals surface area (Å²) in [5.41, 5.74) is 0.454. The highest BCUT2D eigenvalue weighted by atomic mass is 16.5. The monoisotopic (exact) mass is 245 g/mol. The van der Waals surface area contributed by atoms with E-state index in [4.69, 9.17) is 10.00 Å². The van der Waals surface area contributed by atoms with E-state index in [9.17, 15) is 0 Å². The van der Waals surface area contributed by atoms with Crippen molar-refractivity contribution >= 4 is 5.82 Å². The average molecular weight is 245 g/mol. The number of pyridine rings is 1. The summed E-state index contributed by atoms with van der Waals surface area (Å²) < 4.78 is 5.68. The van der Waals surface area contributed by atoms with Crippen molar-refractivity contribution in [3.63, 3.8) is 0 Å². The zero-order valence-electron chi connectivity index (χ0n) is 10.6. The second-order valence-electron chi connectivity index (χ2n) is 4.58. The van der Waals surface area contributed by atoms with E-state index in [0.717, 1.165) is 31.8 Å². The van der Waals surface area contributed by atoms with E-state index in [1.54, 1.807) is 6.07 Å². The minimum atomic E-state index is 0.443. The largest absolute Gasteiger partial charge is 0.378 e. The number of ether oxygens (including phenoxy) is 1. The fourth-order valence-corrected chi connectivity index (χ4v) is 2.18. The van der Waals surface area contributed by atoms with Gasteiger partial charge in [0, 0.05) is 13.2 Å². The summed E-state index contributed by atoms with van der Waals surface area (Å²) in [7, 11) is 0. The Morgan fingerprint density at radius 2 is 2.39 bits per heavy atom. The molecule has 1 fully saturated rings. The van der Waals surface area contributed by atoms with E-state index in [2.05, 4.69) is 10.3 Å². The summed E-state index contributed by atoms with van der Waals surface area (Å²) in [5, 5.41) is 12.0. The molecule has 96 valence electrons. The molecule has 1 aliphatic heterocycles. The van der Waals surface area contributed by atoms with Gasteiger partial charge in [-0.2, -0.15) is 5.26 Å². The number of nitriles is 1. The van der Waals surface area contributed by atoms with Crippen LogP contribution in [0.3, 0.4) is 0 Å². The van der Waals surface area contributed by atoms with Crippen molar-refractivity contribution in [3.05, 3.63) is 23.9 Å². The zero-order chi connectivity index (χ0) is 12.6. The van der Waals surface area contributed by atoms with E-state index < -0.39 is 0 Å². The van der Waals surface area contributed by atoms with Crippen LogP contribution in [0.5, 0.6) is 0 Å². The van der Waals surface area contributed by atoms with Gasteiger partial charge < -0.3 is 10.1 Å². The lowest BCUT2D eigenvalue weighted by atomic mass is 10.0. The third kappa shape index (κ3) is 4.01. The van der Waals surface area contributed by atoms with Crippen LogP contribution in [0, 0.1) is 11.3 Å². The number of nitrogens with zero attached hydrogens (tertiary/aromatic N) is 2. The molecule has 1 aliphatic rings. The third-order valence-corrected chi connectivity index (χ3v) is 3.15. The van der Waals surface area contributed by atoms with Gasteiger partial charge >= 0.3 is 0 Å². The lowest BCUT2D eigenvalue weighted by molar-refractivity contribution is 0.0107. The summed E-state index contributed by atoms with van der Waals surface area (Å²) in [5.74, 6) is 0.776. The Hall–Kier alpha value is -1.60. The van der Waals surface area contributed by atoms with Crippen LogP contribution in [-0.4, -0.2) is 24.2 Å². The first kappa shape index (κ1) is 12.8. The number of rotatable bonds is 5. The second-order valence-corrected chi connectivity index (χ2v) is 4.58. The van der Waals surface area contributed by atoms with Crippen molar-refractivity contribution in [3.8, 4) is 6.07 Å². The Morgan fingerprint density at radius 3 is 3.17 bits per heavy atom. The van der Waals surface area contributed by atoms with Crippen molar-refractivity contribution in [2.24, 2.45) is 0 Å². The Kier molecular flexibility index (Phi) is 4.98. The maximum Gasteiger partial charge on any atom is 0.142 e. The van der Waals surface area contributed by atoms with Crippen LogP contribution in [0.2, 0.25) is 0 Å². The van der Waals surface area contributed by atoms with Gasteiger partial charge in [0.1, 0.15) is 17.6 Å². The van der Waals surface area contributed by atoms with Crippen LogP contribution < -0.4 is 5.32 Å². The SMILES string of the molecule is N#Cc1cccc(NCCCC2CCCCO2)n1. The van der Waals surface area contributed by atoms with Gasteiger partial charge in [-0.25, -0.2) is 4.98 Å². The molecule has 0 amide bonds. The molecule has 1 aromatic rings. The summed E-state index contributed by atoms with van der Waals surface area (Å²) in [6, 6.07) is 7.48. The van der Waals surface area contributed by atoms with Gasteiger partial charge in [-0.1, -0.05) is 6.07 Å². The summed E-state index contributed by atoms with van der Waals surface area (Å²) in [6.45, 7) is 1.80. The van der Waals surface area contributed by atoms with Crippen LogP contribution in [0.1, 0.15) is 37.8 Å². The smallest absolute Gasteiger partial charge is 0.142 e. The van der Waals surface area contributed by atoms with Gasteiger partial charge in [0.05, 0.1) is 6.10 Å². The van der Waals surface area contributed by atoms with Crippen molar-refractivity contribution < 1.29 is 4.74 Å². The summed E-state index contributed by atoms with van der Waals surface area (Å²) >= 11 is 0. The number of hydrogen-bond donors (Lipinski definition) is 1. The number of hydrogen-bond acceptors (Lipinski definition) is 4. The second kappa shape index (κ2) is 6.97. The first-order valence-corrected chi connectivity index (χ1v) is 6.61. The zero-order valence-corrected chi connectivity index (χ0v) is 10.6. The fraction of sp³-hybridized carbons (Fsp3) is 0.571. The Balaban J connectivity index is 1.67. The van der Waals surface area contributed by atoms with Crippen LogP contribution in [0.25, 0.3) is 0 Å². The maximum atomic E-state index is 8.75. The quantitative estimate of drug-likeness (QED) is 0.810. The Labute approximate surface area is 108 Å². The molecule has 1 aromatic heterocycles. The van der Waals surface area contributed by atoms with Crippen LogP contribution in [0.4, 0.5) is 5.82 Å². The topological polar surface area (TPSA) is 57.9 Å². The average Bonchev–Trinajstić information content (AvgIpc) is 2.45.